The van der Waals surface area contributed by atoms with Crippen molar-refractivity contribution in [1.29, 1.82) is 0 Å². The predicted octanol–water partition coefficient (Wildman–Crippen LogP) is 2.49. The summed E-state index contributed by atoms with van der Waals surface area (Å²) in [7, 11) is 3.24. The molecule has 1 spiro atoms. The van der Waals surface area contributed by atoms with E-state index in [4.69, 9.17) is 14.2 Å². The molecule has 2 rings (SSSR count). The van der Waals surface area contributed by atoms with Gasteiger partial charge in [-0.05, 0) is 38.5 Å². The molecule has 0 amide bonds. The van der Waals surface area contributed by atoms with Crippen LogP contribution in [-0.4, -0.2) is 43.4 Å². The lowest BCUT2D eigenvalue weighted by Gasteiger charge is -2.44. The number of methoxy groups -OCH3 is 2. The lowest BCUT2D eigenvalue weighted by Crippen LogP contribution is -2.47. The predicted molar refractivity (Wildman–Crippen MR) is 72.9 cm³/mol. The van der Waals surface area contributed by atoms with Gasteiger partial charge in [-0.2, -0.15) is 0 Å². The number of rotatable bonds is 5. The van der Waals surface area contributed by atoms with E-state index in [0.717, 1.165) is 32.3 Å². The molecule has 4 heteroatoms. The Labute approximate surface area is 116 Å². The van der Waals surface area contributed by atoms with E-state index in [1.54, 1.807) is 14.2 Å². The Morgan fingerprint density at radius 1 is 1.32 bits per heavy atom. The molecule has 1 heterocycles. The summed E-state index contributed by atoms with van der Waals surface area (Å²) >= 11 is 0. The van der Waals surface area contributed by atoms with Crippen LogP contribution >= 0.6 is 0 Å². The number of hydrogen-bond donors (Lipinski definition) is 1. The van der Waals surface area contributed by atoms with Gasteiger partial charge >= 0.3 is 0 Å². The Hall–Kier alpha value is -0.160. The summed E-state index contributed by atoms with van der Waals surface area (Å²) in [6.45, 7) is 2.68. The fourth-order valence-corrected chi connectivity index (χ4v) is 3.69. The van der Waals surface area contributed by atoms with Crippen molar-refractivity contribution < 1.29 is 19.3 Å². The van der Waals surface area contributed by atoms with Crippen molar-refractivity contribution in [1.82, 2.24) is 0 Å². The monoisotopic (exact) mass is 272 g/mol. The van der Waals surface area contributed by atoms with E-state index in [0.29, 0.717) is 6.42 Å². The highest BCUT2D eigenvalue weighted by atomic mass is 16.7. The minimum Gasteiger partial charge on any atom is -0.390 e. The maximum absolute atomic E-state index is 10.8. The standard InChI is InChI=1S/C15H28O4/c1-14(16,11-13(17-2)18-3)12-6-9-19-15(10-12)7-4-5-8-15/h12-13,16H,4-11H2,1-3H3. The van der Waals surface area contributed by atoms with Gasteiger partial charge in [0.25, 0.3) is 0 Å². The summed E-state index contributed by atoms with van der Waals surface area (Å²) in [5.41, 5.74) is -0.710. The first-order valence-corrected chi connectivity index (χ1v) is 7.43. The van der Waals surface area contributed by atoms with Crippen molar-refractivity contribution in [3.63, 3.8) is 0 Å². The van der Waals surface area contributed by atoms with Crippen LogP contribution in [0.1, 0.15) is 51.9 Å². The van der Waals surface area contributed by atoms with Gasteiger partial charge in [-0.25, -0.2) is 0 Å². The molecule has 19 heavy (non-hydrogen) atoms. The van der Waals surface area contributed by atoms with Gasteiger partial charge in [0.1, 0.15) is 0 Å². The largest absolute Gasteiger partial charge is 0.390 e. The van der Waals surface area contributed by atoms with Crippen LogP contribution in [0, 0.1) is 5.92 Å². The quantitative estimate of drug-likeness (QED) is 0.781. The van der Waals surface area contributed by atoms with Crippen LogP contribution in [0.5, 0.6) is 0 Å². The van der Waals surface area contributed by atoms with Crippen molar-refractivity contribution >= 4 is 0 Å². The summed E-state index contributed by atoms with van der Waals surface area (Å²) in [6, 6.07) is 0. The van der Waals surface area contributed by atoms with Gasteiger partial charge in [-0.3, -0.25) is 0 Å². The van der Waals surface area contributed by atoms with Crippen molar-refractivity contribution in [2.75, 3.05) is 20.8 Å². The number of aliphatic hydroxyl groups is 1. The van der Waals surface area contributed by atoms with Crippen LogP contribution < -0.4 is 0 Å². The minimum atomic E-state index is -0.754. The van der Waals surface area contributed by atoms with Gasteiger partial charge < -0.3 is 19.3 Å². The second kappa shape index (κ2) is 6.08. The second-order valence-electron chi connectivity index (χ2n) is 6.39. The molecular formula is C15H28O4. The van der Waals surface area contributed by atoms with Gasteiger partial charge in [0, 0.05) is 27.2 Å². The number of hydrogen-bond acceptors (Lipinski definition) is 4. The van der Waals surface area contributed by atoms with E-state index in [1.807, 2.05) is 6.92 Å². The van der Waals surface area contributed by atoms with Gasteiger partial charge in [-0.15, -0.1) is 0 Å². The zero-order valence-corrected chi connectivity index (χ0v) is 12.5. The third-order valence-corrected chi connectivity index (χ3v) is 4.99. The second-order valence-corrected chi connectivity index (χ2v) is 6.39. The van der Waals surface area contributed by atoms with Gasteiger partial charge in [-0.1, -0.05) is 12.8 Å². The average molecular weight is 272 g/mol. The van der Waals surface area contributed by atoms with Gasteiger partial charge in [0.2, 0.25) is 0 Å². The molecule has 0 aromatic rings. The maximum atomic E-state index is 10.8. The zero-order valence-electron chi connectivity index (χ0n) is 12.5. The first-order chi connectivity index (χ1) is 9.01. The lowest BCUT2D eigenvalue weighted by atomic mass is 9.74. The normalized spacial score (nSPS) is 29.8. The Bertz CT molecular complexity index is 280. The molecule has 0 bridgehead atoms. The summed E-state index contributed by atoms with van der Waals surface area (Å²) in [5.74, 6) is 0.271. The lowest BCUT2D eigenvalue weighted by molar-refractivity contribution is -0.177. The first-order valence-electron chi connectivity index (χ1n) is 7.43. The van der Waals surface area contributed by atoms with Crippen LogP contribution in [-0.2, 0) is 14.2 Å². The van der Waals surface area contributed by atoms with Crippen LogP contribution in [0.2, 0.25) is 0 Å². The van der Waals surface area contributed by atoms with E-state index < -0.39 is 5.60 Å². The molecule has 1 N–H and O–H groups in total. The molecule has 1 aliphatic heterocycles. The average Bonchev–Trinajstić information content (AvgIpc) is 2.84. The van der Waals surface area contributed by atoms with Crippen molar-refractivity contribution in [2.24, 2.45) is 5.92 Å². The molecule has 2 unspecified atom stereocenters. The summed E-state index contributed by atoms with van der Waals surface area (Å²) in [6.07, 6.45) is 6.89. The van der Waals surface area contributed by atoms with Crippen LogP contribution in [0.15, 0.2) is 0 Å². The SMILES string of the molecule is COC(CC(C)(O)C1CCOC2(CCCC2)C1)OC. The minimum absolute atomic E-state index is 0.0442. The van der Waals surface area contributed by atoms with Crippen molar-refractivity contribution in [3.05, 3.63) is 0 Å². The van der Waals surface area contributed by atoms with E-state index in [9.17, 15) is 5.11 Å². The van der Waals surface area contributed by atoms with Gasteiger partial charge in [0.05, 0.1) is 11.2 Å². The molecule has 2 fully saturated rings. The fourth-order valence-electron chi connectivity index (χ4n) is 3.69. The van der Waals surface area contributed by atoms with Crippen LogP contribution in [0.3, 0.4) is 0 Å². The van der Waals surface area contributed by atoms with E-state index in [1.165, 1.54) is 12.8 Å². The first kappa shape index (κ1) is 15.2. The van der Waals surface area contributed by atoms with Crippen LogP contribution in [0.4, 0.5) is 0 Å². The third kappa shape index (κ3) is 3.48. The molecule has 4 nitrogen and oxygen atoms in total. The molecule has 1 saturated carbocycles. The van der Waals surface area contributed by atoms with Gasteiger partial charge in [0.15, 0.2) is 6.29 Å². The number of ether oxygens (including phenoxy) is 3. The molecule has 0 radical (unpaired) electrons. The van der Waals surface area contributed by atoms with E-state index in [2.05, 4.69) is 0 Å². The molecule has 1 aliphatic carbocycles. The van der Waals surface area contributed by atoms with Crippen molar-refractivity contribution in [2.45, 2.75) is 69.4 Å². The molecule has 1 saturated heterocycles. The third-order valence-electron chi connectivity index (χ3n) is 4.99. The summed E-state index contributed by atoms with van der Waals surface area (Å²) in [5, 5.41) is 10.8. The van der Waals surface area contributed by atoms with E-state index >= 15 is 0 Å². The highest BCUT2D eigenvalue weighted by Gasteiger charge is 2.45. The van der Waals surface area contributed by atoms with Crippen molar-refractivity contribution in [3.8, 4) is 0 Å². The summed E-state index contributed by atoms with van der Waals surface area (Å²) < 4.78 is 16.5. The molecule has 0 aromatic heterocycles. The molecule has 112 valence electrons. The topological polar surface area (TPSA) is 47.9 Å². The highest BCUT2D eigenvalue weighted by Crippen LogP contribution is 2.45. The van der Waals surface area contributed by atoms with E-state index in [-0.39, 0.29) is 17.8 Å². The summed E-state index contributed by atoms with van der Waals surface area (Å²) in [4.78, 5) is 0. The highest BCUT2D eigenvalue weighted by molar-refractivity contribution is 4.96. The molecular weight excluding hydrogens is 244 g/mol. The Morgan fingerprint density at radius 3 is 2.53 bits per heavy atom. The molecule has 0 aromatic carbocycles. The maximum Gasteiger partial charge on any atom is 0.159 e. The Kier molecular flexibility index (Phi) is 4.88. The Morgan fingerprint density at radius 2 is 1.95 bits per heavy atom. The smallest absolute Gasteiger partial charge is 0.159 e. The zero-order chi connectivity index (χ0) is 13.9. The fraction of sp³-hybridized carbons (Fsp3) is 1.00. The van der Waals surface area contributed by atoms with Crippen LogP contribution in [0.25, 0.3) is 0 Å². The molecule has 2 atom stereocenters. The Balaban J connectivity index is 1.99. The molecule has 2 aliphatic rings.